The van der Waals surface area contributed by atoms with E-state index in [-0.39, 0.29) is 33.3 Å². The summed E-state index contributed by atoms with van der Waals surface area (Å²) in [7, 11) is 2.64. The fourth-order valence-corrected chi connectivity index (χ4v) is 4.33. The first-order valence-electron chi connectivity index (χ1n) is 10.6. The van der Waals surface area contributed by atoms with E-state index in [4.69, 9.17) is 21.1 Å². The summed E-state index contributed by atoms with van der Waals surface area (Å²) in [6, 6.07) is 9.77. The summed E-state index contributed by atoms with van der Waals surface area (Å²) >= 11 is 6.20. The number of aliphatic hydroxyl groups is 1. The minimum absolute atomic E-state index is 0.0340. The maximum atomic E-state index is 15.0. The van der Waals surface area contributed by atoms with E-state index >= 15 is 0 Å². The van der Waals surface area contributed by atoms with Crippen molar-refractivity contribution >= 4 is 34.7 Å². The number of methoxy groups -OCH3 is 2. The first-order chi connectivity index (χ1) is 17.5. The van der Waals surface area contributed by atoms with E-state index in [1.54, 1.807) is 0 Å². The zero-order chi connectivity index (χ0) is 27.1. The molecule has 0 saturated carbocycles. The highest BCUT2D eigenvalue weighted by Crippen LogP contribution is 2.45. The third kappa shape index (κ3) is 4.60. The van der Waals surface area contributed by atoms with E-state index in [1.807, 2.05) is 0 Å². The number of ether oxygens (including phenoxy) is 2. The van der Waals surface area contributed by atoms with E-state index in [1.165, 1.54) is 44.6 Å². The summed E-state index contributed by atoms with van der Waals surface area (Å²) in [5, 5.41) is 11.3. The summed E-state index contributed by atoms with van der Waals surface area (Å²) in [6.07, 6.45) is -4.64. The summed E-state index contributed by atoms with van der Waals surface area (Å²) in [5.74, 6) is -3.65. The molecule has 1 aliphatic rings. The number of carbonyl (C=O) groups is 2. The fraction of sp³-hybridized carbons (Fsp3) is 0.154. The molecule has 37 heavy (non-hydrogen) atoms. The quantitative estimate of drug-likeness (QED) is 0.184. The predicted molar refractivity (Wildman–Crippen MR) is 127 cm³/mol. The molecule has 1 saturated heterocycles. The Balaban J connectivity index is 1.97. The molecule has 0 aromatic heterocycles. The molecule has 1 aliphatic heterocycles. The zero-order valence-corrected chi connectivity index (χ0v) is 20.0. The van der Waals surface area contributed by atoms with Crippen LogP contribution in [0, 0.1) is 5.82 Å². The number of hydrogen-bond acceptors (Lipinski definition) is 5. The molecule has 1 unspecified atom stereocenters. The van der Waals surface area contributed by atoms with Crippen molar-refractivity contribution in [2.45, 2.75) is 12.2 Å². The lowest BCUT2D eigenvalue weighted by atomic mass is 9.94. The number of alkyl halides is 3. The van der Waals surface area contributed by atoms with Gasteiger partial charge in [0.05, 0.1) is 42.0 Å². The standard InChI is InChI=1S/C26H18ClF4NO5/c1-36-19-12-20(37-2)17(27)11-16(19)23(33)21-22(15-5-3-4-6-18(15)28)32(25(35)24(21)34)14-9-7-13(8-10-14)26(29,30)31/h3-12,22,33H,1-2H3/b23-21+. The topological polar surface area (TPSA) is 76.1 Å². The number of halogens is 5. The molecule has 1 fully saturated rings. The van der Waals surface area contributed by atoms with Crippen molar-refractivity contribution in [3.63, 3.8) is 0 Å². The fourth-order valence-electron chi connectivity index (χ4n) is 4.09. The van der Waals surface area contributed by atoms with Crippen molar-refractivity contribution in [3.05, 3.63) is 93.8 Å². The molecule has 11 heteroatoms. The molecule has 6 nitrogen and oxygen atoms in total. The lowest BCUT2D eigenvalue weighted by Crippen LogP contribution is -2.30. The van der Waals surface area contributed by atoms with E-state index in [2.05, 4.69) is 0 Å². The van der Waals surface area contributed by atoms with Crippen LogP contribution in [0.25, 0.3) is 5.76 Å². The van der Waals surface area contributed by atoms with Crippen LogP contribution in [-0.4, -0.2) is 31.0 Å². The zero-order valence-electron chi connectivity index (χ0n) is 19.3. The Morgan fingerprint density at radius 1 is 0.973 bits per heavy atom. The molecule has 3 aromatic carbocycles. The smallest absolute Gasteiger partial charge is 0.416 e. The Bertz CT molecular complexity index is 1420. The van der Waals surface area contributed by atoms with Crippen molar-refractivity contribution in [1.29, 1.82) is 0 Å². The third-order valence-electron chi connectivity index (χ3n) is 5.85. The number of aliphatic hydroxyl groups excluding tert-OH is 1. The number of amides is 1. The lowest BCUT2D eigenvalue weighted by molar-refractivity contribution is -0.137. The van der Waals surface area contributed by atoms with Crippen LogP contribution < -0.4 is 14.4 Å². The van der Waals surface area contributed by atoms with Crippen LogP contribution in [0.3, 0.4) is 0 Å². The SMILES string of the molecule is COc1cc(OC)c(/C(O)=C2\C(=O)C(=O)N(c3ccc(C(F)(F)F)cc3)C2c2ccccc2F)cc1Cl. The highest BCUT2D eigenvalue weighted by molar-refractivity contribution is 6.51. The van der Waals surface area contributed by atoms with Gasteiger partial charge in [-0.1, -0.05) is 29.8 Å². The van der Waals surface area contributed by atoms with Crippen molar-refractivity contribution in [2.75, 3.05) is 19.1 Å². The number of nitrogens with zero attached hydrogens (tertiary/aromatic N) is 1. The van der Waals surface area contributed by atoms with Crippen molar-refractivity contribution < 1.29 is 41.7 Å². The predicted octanol–water partition coefficient (Wildman–Crippen LogP) is 6.14. The van der Waals surface area contributed by atoms with E-state index in [9.17, 15) is 32.3 Å². The van der Waals surface area contributed by atoms with E-state index < -0.39 is 46.6 Å². The largest absolute Gasteiger partial charge is 0.507 e. The van der Waals surface area contributed by atoms with Crippen molar-refractivity contribution in [3.8, 4) is 11.5 Å². The lowest BCUT2D eigenvalue weighted by Gasteiger charge is -2.26. The van der Waals surface area contributed by atoms with Crippen LogP contribution in [-0.2, 0) is 15.8 Å². The minimum atomic E-state index is -4.64. The second-order valence-electron chi connectivity index (χ2n) is 7.92. The third-order valence-corrected chi connectivity index (χ3v) is 6.14. The second kappa shape index (κ2) is 9.78. The molecule has 1 amide bonds. The van der Waals surface area contributed by atoms with Gasteiger partial charge in [0.1, 0.15) is 23.1 Å². The molecular weight excluding hydrogens is 518 g/mol. The molecule has 0 radical (unpaired) electrons. The highest BCUT2D eigenvalue weighted by atomic mass is 35.5. The Labute approximate surface area is 213 Å². The van der Waals surface area contributed by atoms with Gasteiger partial charge in [-0.2, -0.15) is 13.2 Å². The van der Waals surface area contributed by atoms with Gasteiger partial charge in [0.2, 0.25) is 0 Å². The van der Waals surface area contributed by atoms with Gasteiger partial charge >= 0.3 is 6.18 Å². The van der Waals surface area contributed by atoms with Crippen molar-refractivity contribution in [2.24, 2.45) is 0 Å². The van der Waals surface area contributed by atoms with Crippen LogP contribution in [0.1, 0.15) is 22.7 Å². The number of Topliss-reactive ketones (excluding diaryl/α,β-unsaturated/α-hetero) is 1. The number of ketones is 1. The summed E-state index contributed by atoms with van der Waals surface area (Å²) in [6.45, 7) is 0. The molecule has 4 rings (SSSR count). The molecule has 1 atom stereocenters. The average Bonchev–Trinajstić information content (AvgIpc) is 3.13. The number of rotatable bonds is 5. The Hall–Kier alpha value is -4.05. The monoisotopic (exact) mass is 535 g/mol. The van der Waals surface area contributed by atoms with E-state index in [0.717, 1.165) is 35.2 Å². The molecular formula is C26H18ClF4NO5. The van der Waals surface area contributed by atoms with Crippen LogP contribution in [0.4, 0.5) is 23.2 Å². The second-order valence-corrected chi connectivity index (χ2v) is 8.33. The van der Waals surface area contributed by atoms with Crippen LogP contribution in [0.15, 0.2) is 66.2 Å². The molecule has 1 N–H and O–H groups in total. The number of benzene rings is 3. The first kappa shape index (κ1) is 26.0. The highest BCUT2D eigenvalue weighted by Gasteiger charge is 2.48. The molecule has 0 spiro atoms. The maximum absolute atomic E-state index is 15.0. The Morgan fingerprint density at radius 3 is 2.16 bits per heavy atom. The molecule has 0 aliphatic carbocycles. The van der Waals surface area contributed by atoms with Gasteiger partial charge in [-0.15, -0.1) is 0 Å². The normalized spacial score (nSPS) is 17.3. The van der Waals surface area contributed by atoms with Gasteiger partial charge in [0.15, 0.2) is 0 Å². The van der Waals surface area contributed by atoms with Crippen LogP contribution in [0.5, 0.6) is 11.5 Å². The first-order valence-corrected chi connectivity index (χ1v) is 11.0. The summed E-state index contributed by atoms with van der Waals surface area (Å²) in [5.41, 5.74) is -1.84. The van der Waals surface area contributed by atoms with Gasteiger partial charge in [0, 0.05) is 17.3 Å². The van der Waals surface area contributed by atoms with Gasteiger partial charge in [0.25, 0.3) is 11.7 Å². The van der Waals surface area contributed by atoms with E-state index in [0.29, 0.717) is 0 Å². The summed E-state index contributed by atoms with van der Waals surface area (Å²) < 4.78 is 64.7. The number of hydrogen-bond donors (Lipinski definition) is 1. The number of anilines is 1. The number of carbonyl (C=O) groups excluding carboxylic acids is 2. The van der Waals surface area contributed by atoms with Gasteiger partial charge < -0.3 is 14.6 Å². The summed E-state index contributed by atoms with van der Waals surface area (Å²) in [4.78, 5) is 27.2. The van der Waals surface area contributed by atoms with Crippen LogP contribution in [0.2, 0.25) is 5.02 Å². The Kier molecular flexibility index (Phi) is 6.88. The Morgan fingerprint density at radius 2 is 1.59 bits per heavy atom. The van der Waals surface area contributed by atoms with Crippen molar-refractivity contribution in [1.82, 2.24) is 0 Å². The van der Waals surface area contributed by atoms with Crippen LogP contribution >= 0.6 is 11.6 Å². The minimum Gasteiger partial charge on any atom is -0.507 e. The molecule has 0 bridgehead atoms. The van der Waals surface area contributed by atoms with Gasteiger partial charge in [-0.25, -0.2) is 4.39 Å². The van der Waals surface area contributed by atoms with Gasteiger partial charge in [-0.05, 0) is 36.4 Å². The average molecular weight is 536 g/mol. The van der Waals surface area contributed by atoms with Gasteiger partial charge in [-0.3, -0.25) is 14.5 Å². The molecule has 192 valence electrons. The molecule has 1 heterocycles. The molecule has 3 aromatic rings. The maximum Gasteiger partial charge on any atom is 0.416 e.